The maximum absolute atomic E-state index is 3.95. The molecule has 1 unspecified atom stereocenters. The van der Waals surface area contributed by atoms with Crippen LogP contribution in [0.3, 0.4) is 0 Å². The number of hydrogen-bond acceptors (Lipinski definition) is 0. The maximum Gasteiger partial charge on any atom is 2.00 e. The summed E-state index contributed by atoms with van der Waals surface area (Å²) >= 11 is 0. The summed E-state index contributed by atoms with van der Waals surface area (Å²) in [5.41, 5.74) is 1.62. The van der Waals surface area contributed by atoms with E-state index in [4.69, 9.17) is 0 Å². The predicted molar refractivity (Wildman–Crippen MR) is 62.1 cm³/mol. The van der Waals surface area contributed by atoms with Gasteiger partial charge in [-0.15, -0.1) is 0 Å². The Labute approximate surface area is 109 Å². The first-order chi connectivity index (χ1) is 6.55. The average Bonchev–Trinajstić information content (AvgIpc) is 2.14. The van der Waals surface area contributed by atoms with Crippen LogP contribution in [0.25, 0.3) is 0 Å². The Morgan fingerprint density at radius 3 is 2.40 bits per heavy atom. The van der Waals surface area contributed by atoms with Gasteiger partial charge in [0.1, 0.15) is 0 Å². The summed E-state index contributed by atoms with van der Waals surface area (Å²) in [5.74, 6) is 0.571. The van der Waals surface area contributed by atoms with Gasteiger partial charge < -0.3 is 6.92 Å². The molecule has 82 valence electrons. The molecule has 0 bridgehead atoms. The van der Waals surface area contributed by atoms with Crippen LogP contribution in [0.4, 0.5) is 0 Å². The summed E-state index contributed by atoms with van der Waals surface area (Å²) in [6.07, 6.45) is 2.13. The fraction of sp³-hybridized carbons (Fsp3) is 0.500. The second kappa shape index (κ2) is 6.48. The minimum atomic E-state index is 0. The third kappa shape index (κ3) is 4.51. The summed E-state index contributed by atoms with van der Waals surface area (Å²) in [6, 6.07) is 11.6. The second-order valence-corrected chi connectivity index (χ2v) is 4.88. The molecule has 1 aromatic rings. The van der Waals surface area contributed by atoms with Crippen LogP contribution < -0.4 is 0 Å². The van der Waals surface area contributed by atoms with Gasteiger partial charge in [0.25, 0.3) is 0 Å². The molecule has 1 rings (SSSR count). The number of benzene rings is 1. The van der Waals surface area contributed by atoms with Crippen molar-refractivity contribution >= 4 is 0 Å². The Hall–Kier alpha value is -0.0917. The average molecular weight is 372 g/mol. The first-order valence-corrected chi connectivity index (χ1v) is 5.31. The molecule has 0 nitrogen and oxygen atoms in total. The van der Waals surface area contributed by atoms with Crippen molar-refractivity contribution in [3.05, 3.63) is 42.8 Å². The summed E-state index contributed by atoms with van der Waals surface area (Å²) < 4.78 is 0. The van der Waals surface area contributed by atoms with Crippen molar-refractivity contribution in [2.45, 2.75) is 39.5 Å². The quantitative estimate of drug-likeness (QED) is 0.697. The number of rotatable bonds is 3. The van der Waals surface area contributed by atoms with Gasteiger partial charge >= 0.3 is 21.1 Å². The molecule has 0 aliphatic carbocycles. The van der Waals surface area contributed by atoms with Gasteiger partial charge in [0, 0.05) is 0 Å². The molecule has 0 aliphatic heterocycles. The van der Waals surface area contributed by atoms with Crippen molar-refractivity contribution in [2.75, 3.05) is 0 Å². The van der Waals surface area contributed by atoms with E-state index in [1.165, 1.54) is 5.56 Å². The van der Waals surface area contributed by atoms with Gasteiger partial charge in [-0.1, -0.05) is 27.2 Å². The third-order valence-corrected chi connectivity index (χ3v) is 2.65. The van der Waals surface area contributed by atoms with Gasteiger partial charge in [0.15, 0.2) is 0 Å². The molecule has 0 saturated carbocycles. The zero-order valence-corrected chi connectivity index (χ0v) is 12.8. The van der Waals surface area contributed by atoms with Gasteiger partial charge in [-0.05, 0) is 11.3 Å². The van der Waals surface area contributed by atoms with E-state index in [9.17, 15) is 0 Å². The first-order valence-electron chi connectivity index (χ1n) is 5.31. The first kappa shape index (κ1) is 14.9. The van der Waals surface area contributed by atoms with Crippen molar-refractivity contribution < 1.29 is 21.1 Å². The van der Waals surface area contributed by atoms with Crippen LogP contribution >= 0.6 is 0 Å². The smallest absolute Gasteiger partial charge is 0.343 e. The molecule has 0 spiro atoms. The topological polar surface area (TPSA) is 0 Å². The Kier molecular flexibility index (Phi) is 6.44. The monoisotopic (exact) mass is 372 g/mol. The van der Waals surface area contributed by atoms with Gasteiger partial charge in [-0.3, -0.25) is 0 Å². The van der Waals surface area contributed by atoms with Crippen molar-refractivity contribution in [2.24, 2.45) is 5.41 Å². The van der Waals surface area contributed by atoms with E-state index in [-0.39, 0.29) is 21.1 Å². The number of hydrogen-bond donors (Lipinski definition) is 0. The maximum atomic E-state index is 3.95. The molecule has 1 aromatic carbocycles. The molecule has 15 heavy (non-hydrogen) atoms. The van der Waals surface area contributed by atoms with E-state index >= 15 is 0 Å². The Balaban J connectivity index is 0.00000196. The van der Waals surface area contributed by atoms with Crippen LogP contribution in [-0.2, 0) is 21.1 Å². The molecule has 0 aliphatic rings. The molecule has 1 heteroatoms. The SMILES string of the molecule is [CH2-]CCC(c1[c-]cccc1)C(C)(C)C.[W+2]. The van der Waals surface area contributed by atoms with Crippen molar-refractivity contribution in [1.29, 1.82) is 0 Å². The van der Waals surface area contributed by atoms with E-state index in [1.54, 1.807) is 0 Å². The van der Waals surface area contributed by atoms with Crippen LogP contribution in [0.1, 0.15) is 45.1 Å². The summed E-state index contributed by atoms with van der Waals surface area (Å²) in [5, 5.41) is 0. The zero-order valence-electron chi connectivity index (χ0n) is 9.92. The van der Waals surface area contributed by atoms with Crippen LogP contribution in [0.15, 0.2) is 24.3 Å². The van der Waals surface area contributed by atoms with Gasteiger partial charge in [0.05, 0.1) is 0 Å². The van der Waals surface area contributed by atoms with Gasteiger partial charge in [-0.2, -0.15) is 42.3 Å². The van der Waals surface area contributed by atoms with Crippen LogP contribution in [0.5, 0.6) is 0 Å². The molecule has 0 N–H and O–H groups in total. The van der Waals surface area contributed by atoms with E-state index in [2.05, 4.69) is 45.9 Å². The molecule has 0 fully saturated rings. The van der Waals surface area contributed by atoms with Crippen molar-refractivity contribution in [1.82, 2.24) is 0 Å². The molecule has 0 radical (unpaired) electrons. The Morgan fingerprint density at radius 1 is 1.33 bits per heavy atom. The van der Waals surface area contributed by atoms with Gasteiger partial charge in [0.2, 0.25) is 0 Å². The fourth-order valence-electron chi connectivity index (χ4n) is 1.88. The van der Waals surface area contributed by atoms with Crippen LogP contribution in [0.2, 0.25) is 0 Å². The molecule has 0 amide bonds. The van der Waals surface area contributed by atoms with E-state index in [0.29, 0.717) is 11.3 Å². The molecular formula is C14H20W. The van der Waals surface area contributed by atoms with E-state index < -0.39 is 0 Å². The zero-order chi connectivity index (χ0) is 10.6. The molecule has 0 heterocycles. The normalized spacial score (nSPS) is 13.1. The minimum absolute atomic E-state index is 0. The molecule has 0 aromatic heterocycles. The molecule has 0 saturated heterocycles. The van der Waals surface area contributed by atoms with Gasteiger partial charge in [-0.25, -0.2) is 0 Å². The minimum Gasteiger partial charge on any atom is -0.343 e. The van der Waals surface area contributed by atoms with Crippen LogP contribution in [-0.4, -0.2) is 0 Å². The van der Waals surface area contributed by atoms with Crippen LogP contribution in [0, 0.1) is 18.4 Å². The Morgan fingerprint density at radius 2 is 2.00 bits per heavy atom. The summed E-state index contributed by atoms with van der Waals surface area (Å²) in [4.78, 5) is 0. The largest absolute Gasteiger partial charge is 2.00 e. The van der Waals surface area contributed by atoms with E-state index in [1.807, 2.05) is 12.1 Å². The third-order valence-electron chi connectivity index (χ3n) is 2.65. The summed E-state index contributed by atoms with van der Waals surface area (Å²) in [6.45, 7) is 10.8. The fourth-order valence-corrected chi connectivity index (χ4v) is 1.88. The summed E-state index contributed by atoms with van der Waals surface area (Å²) in [7, 11) is 0. The van der Waals surface area contributed by atoms with E-state index in [0.717, 1.165) is 12.8 Å². The standard InChI is InChI=1S/C14H20.W/c1-5-9-13(14(2,3)4)12-10-7-6-8-11-12;/h6-8,10,13H,1,5,9H2,2-4H3;/q-2;+2. The van der Waals surface area contributed by atoms with Crippen molar-refractivity contribution in [3.8, 4) is 0 Å². The molecule has 1 atom stereocenters. The van der Waals surface area contributed by atoms with Crippen molar-refractivity contribution in [3.63, 3.8) is 0 Å². The predicted octanol–water partition coefficient (Wildman–Crippen LogP) is 4.23. The Bertz CT molecular complexity index is 258. The second-order valence-electron chi connectivity index (χ2n) is 4.88. The molecular weight excluding hydrogens is 352 g/mol.